The molecule has 4 heteroatoms. The van der Waals surface area contributed by atoms with Gasteiger partial charge in [0.1, 0.15) is 0 Å². The molecule has 23 heavy (non-hydrogen) atoms. The summed E-state index contributed by atoms with van der Waals surface area (Å²) in [5.74, 6) is 1.03. The van der Waals surface area contributed by atoms with E-state index in [2.05, 4.69) is 48.3 Å². The topological polar surface area (TPSA) is 32.3 Å². The summed E-state index contributed by atoms with van der Waals surface area (Å²) in [5, 5.41) is 3.29. The lowest BCUT2D eigenvalue weighted by molar-refractivity contribution is -0.140. The lowest BCUT2D eigenvalue weighted by Crippen LogP contribution is -2.51. The fourth-order valence-corrected chi connectivity index (χ4v) is 3.72. The van der Waals surface area contributed by atoms with E-state index in [4.69, 9.17) is 0 Å². The lowest BCUT2D eigenvalue weighted by Gasteiger charge is -2.38. The molecule has 2 unspecified atom stereocenters. The molecule has 3 rings (SSSR count). The van der Waals surface area contributed by atoms with Crippen LogP contribution in [0.2, 0.25) is 0 Å². The SMILES string of the molecule is Cc1cccc(C2CCCCCN2C(=O)C(C)C2CNC2)c1.Cl. The molecule has 2 aliphatic heterocycles. The van der Waals surface area contributed by atoms with Crippen LogP contribution < -0.4 is 5.32 Å². The van der Waals surface area contributed by atoms with Crippen LogP contribution in [0.25, 0.3) is 0 Å². The van der Waals surface area contributed by atoms with Gasteiger partial charge in [0.05, 0.1) is 6.04 Å². The lowest BCUT2D eigenvalue weighted by atomic mass is 9.87. The molecule has 2 heterocycles. The van der Waals surface area contributed by atoms with Crippen LogP contribution in [0.3, 0.4) is 0 Å². The molecular formula is C19H29ClN2O. The summed E-state index contributed by atoms with van der Waals surface area (Å²) >= 11 is 0. The van der Waals surface area contributed by atoms with Crippen molar-refractivity contribution in [2.75, 3.05) is 19.6 Å². The number of likely N-dealkylation sites (tertiary alicyclic amines) is 1. The second kappa shape index (κ2) is 8.16. The van der Waals surface area contributed by atoms with Gasteiger partial charge in [-0.2, -0.15) is 0 Å². The summed E-state index contributed by atoms with van der Waals surface area (Å²) in [6.45, 7) is 7.16. The molecule has 0 aromatic heterocycles. The highest BCUT2D eigenvalue weighted by atomic mass is 35.5. The Hall–Kier alpha value is -1.06. The average Bonchev–Trinajstić information content (AvgIpc) is 2.70. The first-order chi connectivity index (χ1) is 10.7. The van der Waals surface area contributed by atoms with E-state index in [9.17, 15) is 4.79 Å². The maximum absolute atomic E-state index is 13.1. The van der Waals surface area contributed by atoms with E-state index in [1.165, 1.54) is 24.0 Å². The number of rotatable bonds is 3. The van der Waals surface area contributed by atoms with Gasteiger partial charge in [-0.05, 0) is 44.3 Å². The first-order valence-electron chi connectivity index (χ1n) is 8.74. The van der Waals surface area contributed by atoms with Gasteiger partial charge in [-0.15, -0.1) is 12.4 Å². The van der Waals surface area contributed by atoms with Gasteiger partial charge in [-0.25, -0.2) is 0 Å². The van der Waals surface area contributed by atoms with E-state index < -0.39 is 0 Å². The second-order valence-corrected chi connectivity index (χ2v) is 7.02. The molecule has 2 aliphatic rings. The standard InChI is InChI=1S/C19H28N2O.ClH/c1-14-7-6-8-16(11-14)18-9-4-3-5-10-21(18)19(22)15(2)17-12-20-13-17;/h6-8,11,15,17-18,20H,3-5,9-10,12-13H2,1-2H3;1H. The van der Waals surface area contributed by atoms with Crippen molar-refractivity contribution in [1.29, 1.82) is 0 Å². The molecule has 2 saturated heterocycles. The molecule has 0 radical (unpaired) electrons. The molecule has 1 aromatic carbocycles. The largest absolute Gasteiger partial charge is 0.335 e. The molecule has 1 N–H and O–H groups in total. The van der Waals surface area contributed by atoms with Crippen LogP contribution in [0.4, 0.5) is 0 Å². The maximum Gasteiger partial charge on any atom is 0.226 e. The summed E-state index contributed by atoms with van der Waals surface area (Å²) < 4.78 is 0. The summed E-state index contributed by atoms with van der Waals surface area (Å²) in [6, 6.07) is 8.97. The first-order valence-corrected chi connectivity index (χ1v) is 8.74. The molecule has 2 atom stereocenters. The Labute approximate surface area is 146 Å². The van der Waals surface area contributed by atoms with Gasteiger partial charge in [-0.1, -0.05) is 49.6 Å². The zero-order valence-corrected chi connectivity index (χ0v) is 15.1. The molecule has 3 nitrogen and oxygen atoms in total. The highest BCUT2D eigenvalue weighted by Gasteiger charge is 2.35. The van der Waals surface area contributed by atoms with Gasteiger partial charge >= 0.3 is 0 Å². The van der Waals surface area contributed by atoms with Gasteiger partial charge < -0.3 is 10.2 Å². The molecule has 0 spiro atoms. The summed E-state index contributed by atoms with van der Waals surface area (Å²) in [6.07, 6.45) is 4.71. The van der Waals surface area contributed by atoms with Gasteiger partial charge in [0, 0.05) is 12.5 Å². The van der Waals surface area contributed by atoms with Crippen molar-refractivity contribution in [3.8, 4) is 0 Å². The van der Waals surface area contributed by atoms with Crippen molar-refractivity contribution >= 4 is 18.3 Å². The second-order valence-electron chi connectivity index (χ2n) is 7.02. The van der Waals surface area contributed by atoms with Crippen LogP contribution in [0.15, 0.2) is 24.3 Å². The average molecular weight is 337 g/mol. The van der Waals surface area contributed by atoms with Crippen LogP contribution in [0.1, 0.15) is 49.8 Å². The monoisotopic (exact) mass is 336 g/mol. The molecule has 1 aromatic rings. The number of nitrogens with zero attached hydrogens (tertiary/aromatic N) is 1. The van der Waals surface area contributed by atoms with Crippen molar-refractivity contribution in [3.05, 3.63) is 35.4 Å². The molecule has 1 amide bonds. The summed E-state index contributed by atoms with van der Waals surface area (Å²) in [7, 11) is 0. The first kappa shape index (κ1) is 18.3. The zero-order chi connectivity index (χ0) is 15.5. The van der Waals surface area contributed by atoms with Gasteiger partial charge in [0.15, 0.2) is 0 Å². The number of halogens is 1. The van der Waals surface area contributed by atoms with Crippen molar-refractivity contribution in [2.45, 2.75) is 45.6 Å². The Kier molecular flexibility index (Phi) is 6.49. The molecule has 128 valence electrons. The minimum absolute atomic E-state index is 0. The van der Waals surface area contributed by atoms with E-state index in [1.54, 1.807) is 0 Å². The Morgan fingerprint density at radius 1 is 1.26 bits per heavy atom. The molecule has 0 saturated carbocycles. The smallest absolute Gasteiger partial charge is 0.226 e. The fourth-order valence-electron chi connectivity index (χ4n) is 3.72. The predicted molar refractivity (Wildman–Crippen MR) is 96.9 cm³/mol. The Morgan fingerprint density at radius 2 is 2.04 bits per heavy atom. The number of amides is 1. The molecule has 2 fully saturated rings. The molecule has 0 bridgehead atoms. The Morgan fingerprint density at radius 3 is 2.70 bits per heavy atom. The fraction of sp³-hybridized carbons (Fsp3) is 0.632. The summed E-state index contributed by atoms with van der Waals surface area (Å²) in [4.78, 5) is 15.2. The normalized spacial score (nSPS) is 23.4. The third-order valence-corrected chi connectivity index (χ3v) is 5.37. The van der Waals surface area contributed by atoms with E-state index >= 15 is 0 Å². The maximum atomic E-state index is 13.1. The van der Waals surface area contributed by atoms with E-state index in [0.717, 1.165) is 32.5 Å². The van der Waals surface area contributed by atoms with Crippen molar-refractivity contribution < 1.29 is 4.79 Å². The van der Waals surface area contributed by atoms with Crippen molar-refractivity contribution in [3.63, 3.8) is 0 Å². The van der Waals surface area contributed by atoms with Crippen LogP contribution in [-0.4, -0.2) is 30.4 Å². The third kappa shape index (κ3) is 4.07. The molecule has 0 aliphatic carbocycles. The van der Waals surface area contributed by atoms with E-state index in [0.29, 0.717) is 11.8 Å². The zero-order valence-electron chi connectivity index (χ0n) is 14.3. The number of benzene rings is 1. The molecular weight excluding hydrogens is 308 g/mol. The van der Waals surface area contributed by atoms with Crippen LogP contribution in [0.5, 0.6) is 0 Å². The Balaban J connectivity index is 0.00000192. The number of hydrogen-bond donors (Lipinski definition) is 1. The van der Waals surface area contributed by atoms with Gasteiger partial charge in [0.25, 0.3) is 0 Å². The number of carbonyl (C=O) groups is 1. The highest BCUT2D eigenvalue weighted by molar-refractivity contribution is 5.85. The number of nitrogens with one attached hydrogen (secondary N) is 1. The third-order valence-electron chi connectivity index (χ3n) is 5.37. The van der Waals surface area contributed by atoms with Crippen molar-refractivity contribution in [2.24, 2.45) is 11.8 Å². The number of hydrogen-bond acceptors (Lipinski definition) is 2. The van der Waals surface area contributed by atoms with Crippen LogP contribution in [-0.2, 0) is 4.79 Å². The highest BCUT2D eigenvalue weighted by Crippen LogP contribution is 2.33. The van der Waals surface area contributed by atoms with Crippen LogP contribution in [0, 0.1) is 18.8 Å². The summed E-state index contributed by atoms with van der Waals surface area (Å²) in [5.41, 5.74) is 2.60. The van der Waals surface area contributed by atoms with E-state index in [-0.39, 0.29) is 24.4 Å². The van der Waals surface area contributed by atoms with Gasteiger partial charge in [0.2, 0.25) is 5.91 Å². The minimum Gasteiger partial charge on any atom is -0.335 e. The van der Waals surface area contributed by atoms with Gasteiger partial charge in [-0.3, -0.25) is 4.79 Å². The predicted octanol–water partition coefficient (Wildman–Crippen LogP) is 3.72. The number of carbonyl (C=O) groups excluding carboxylic acids is 1. The van der Waals surface area contributed by atoms with E-state index in [1.807, 2.05) is 0 Å². The number of aryl methyl sites for hydroxylation is 1. The van der Waals surface area contributed by atoms with Crippen molar-refractivity contribution in [1.82, 2.24) is 10.2 Å². The quantitative estimate of drug-likeness (QED) is 0.912. The Bertz CT molecular complexity index is 530. The minimum atomic E-state index is 0. The van der Waals surface area contributed by atoms with Crippen LogP contribution >= 0.6 is 12.4 Å².